The molecule has 0 amide bonds. The van der Waals surface area contributed by atoms with E-state index < -0.39 is 0 Å². The second kappa shape index (κ2) is 6.28. The molecule has 1 rings (SSSR count). The van der Waals surface area contributed by atoms with Crippen LogP contribution in [0.15, 0.2) is 30.1 Å². The fraction of sp³-hybridized carbons (Fsp3) is 0.429. The molecule has 17 heavy (non-hydrogen) atoms. The van der Waals surface area contributed by atoms with Gasteiger partial charge in [0.05, 0.1) is 5.69 Å². The van der Waals surface area contributed by atoms with E-state index in [-0.39, 0.29) is 5.82 Å². The number of nitrogens with two attached hydrogens (primary N) is 1. The molecule has 0 radical (unpaired) electrons. The average molecular weight is 236 g/mol. The van der Waals surface area contributed by atoms with Crippen LogP contribution in [0.1, 0.15) is 32.8 Å². The Morgan fingerprint density at radius 1 is 1.47 bits per heavy atom. The molecular weight excluding hydrogens is 215 g/mol. The van der Waals surface area contributed by atoms with Gasteiger partial charge in [-0.2, -0.15) is 0 Å². The van der Waals surface area contributed by atoms with Crippen LogP contribution in [-0.4, -0.2) is 0 Å². The Labute approximate surface area is 103 Å². The monoisotopic (exact) mass is 236 g/mol. The predicted molar refractivity (Wildman–Crippen MR) is 71.1 cm³/mol. The largest absolute Gasteiger partial charge is 0.403 e. The Morgan fingerprint density at radius 3 is 2.71 bits per heavy atom. The lowest BCUT2D eigenvalue weighted by Gasteiger charge is -2.14. The number of allylic oxidation sites excluding steroid dienone is 1. The maximum absolute atomic E-state index is 13.6. The minimum Gasteiger partial charge on any atom is -0.403 e. The maximum Gasteiger partial charge on any atom is 0.146 e. The summed E-state index contributed by atoms with van der Waals surface area (Å²) in [4.78, 5) is 0. The summed E-state index contributed by atoms with van der Waals surface area (Å²) in [6.45, 7) is 6.25. The number of rotatable bonds is 5. The highest BCUT2D eigenvalue weighted by Gasteiger charge is 2.06. The van der Waals surface area contributed by atoms with E-state index in [1.807, 2.05) is 13.0 Å². The van der Waals surface area contributed by atoms with Crippen LogP contribution >= 0.6 is 0 Å². The summed E-state index contributed by atoms with van der Waals surface area (Å²) in [5.41, 5.74) is 8.00. The average Bonchev–Trinajstić information content (AvgIpc) is 2.30. The summed E-state index contributed by atoms with van der Waals surface area (Å²) in [7, 11) is 0. The third kappa shape index (κ3) is 4.10. The third-order valence-corrected chi connectivity index (χ3v) is 2.56. The second-order valence-corrected chi connectivity index (χ2v) is 4.58. The minimum absolute atomic E-state index is 0.245. The minimum atomic E-state index is -0.245. The lowest BCUT2D eigenvalue weighted by atomic mass is 10.1. The van der Waals surface area contributed by atoms with Gasteiger partial charge in [0.2, 0.25) is 0 Å². The number of anilines is 1. The maximum atomic E-state index is 13.6. The van der Waals surface area contributed by atoms with Crippen molar-refractivity contribution in [2.75, 3.05) is 5.32 Å². The molecule has 1 aromatic rings. The Balaban J connectivity index is 2.85. The summed E-state index contributed by atoms with van der Waals surface area (Å²) >= 11 is 0. The van der Waals surface area contributed by atoms with E-state index in [4.69, 9.17) is 5.73 Å². The zero-order valence-corrected chi connectivity index (χ0v) is 10.8. The Kier molecular flexibility index (Phi) is 5.01. The summed E-state index contributed by atoms with van der Waals surface area (Å²) in [5.74, 6) is 0.236. The molecule has 0 aliphatic rings. The Bertz CT molecular complexity index is 397. The summed E-state index contributed by atoms with van der Waals surface area (Å²) in [6.07, 6.45) is 3.21. The van der Waals surface area contributed by atoms with Crippen molar-refractivity contribution in [3.8, 4) is 0 Å². The summed E-state index contributed by atoms with van der Waals surface area (Å²) in [6, 6.07) is 5.12. The lowest BCUT2D eigenvalue weighted by molar-refractivity contribution is 0.623. The van der Waals surface area contributed by atoms with Gasteiger partial charge < -0.3 is 11.1 Å². The molecule has 0 aromatic heterocycles. The van der Waals surface area contributed by atoms with Crippen molar-refractivity contribution in [2.24, 2.45) is 11.7 Å². The smallest absolute Gasteiger partial charge is 0.146 e. The molecule has 1 aromatic carbocycles. The van der Waals surface area contributed by atoms with Gasteiger partial charge in [-0.1, -0.05) is 26.8 Å². The van der Waals surface area contributed by atoms with Crippen molar-refractivity contribution < 1.29 is 4.39 Å². The van der Waals surface area contributed by atoms with Crippen molar-refractivity contribution >= 4 is 5.69 Å². The van der Waals surface area contributed by atoms with Gasteiger partial charge in [-0.15, -0.1) is 0 Å². The van der Waals surface area contributed by atoms with Gasteiger partial charge >= 0.3 is 0 Å². The molecule has 3 heteroatoms. The van der Waals surface area contributed by atoms with Gasteiger partial charge in [0.15, 0.2) is 0 Å². The molecule has 0 heterocycles. The van der Waals surface area contributed by atoms with Crippen molar-refractivity contribution in [2.45, 2.75) is 33.6 Å². The van der Waals surface area contributed by atoms with Crippen molar-refractivity contribution in [1.29, 1.82) is 0 Å². The number of nitrogens with one attached hydrogen (secondary N) is 1. The first-order valence-corrected chi connectivity index (χ1v) is 6.03. The standard InChI is InChI=1S/C14H21FN2/c1-4-11-5-6-13(15)14(8-11)17-12(9-16)7-10(2)3/h5-6,8-10,17H,4,7,16H2,1-3H3/b12-9-. The van der Waals surface area contributed by atoms with Crippen molar-refractivity contribution in [3.05, 3.63) is 41.5 Å². The predicted octanol–water partition coefficient (Wildman–Crippen LogP) is 3.65. The van der Waals surface area contributed by atoms with Gasteiger partial charge in [-0.3, -0.25) is 0 Å². The van der Waals surface area contributed by atoms with Gasteiger partial charge in [-0.25, -0.2) is 4.39 Å². The first-order chi connectivity index (χ1) is 8.06. The molecule has 3 N–H and O–H groups in total. The number of hydrogen-bond donors (Lipinski definition) is 2. The highest BCUT2D eigenvalue weighted by Crippen LogP contribution is 2.20. The molecule has 0 bridgehead atoms. The molecule has 0 saturated heterocycles. The number of benzene rings is 1. The Morgan fingerprint density at radius 2 is 2.18 bits per heavy atom. The normalized spacial score (nSPS) is 11.9. The molecule has 0 aliphatic carbocycles. The second-order valence-electron chi connectivity index (χ2n) is 4.58. The van der Waals surface area contributed by atoms with Gasteiger partial charge in [0.25, 0.3) is 0 Å². The fourth-order valence-corrected chi connectivity index (χ4v) is 1.66. The molecule has 0 unspecified atom stereocenters. The van der Waals surface area contributed by atoms with Crippen LogP contribution in [0, 0.1) is 11.7 Å². The van der Waals surface area contributed by atoms with E-state index in [0.29, 0.717) is 11.6 Å². The molecule has 0 fully saturated rings. The third-order valence-electron chi connectivity index (χ3n) is 2.56. The first-order valence-electron chi connectivity index (χ1n) is 6.03. The number of hydrogen-bond acceptors (Lipinski definition) is 2. The van der Waals surface area contributed by atoms with E-state index >= 15 is 0 Å². The highest BCUT2D eigenvalue weighted by atomic mass is 19.1. The summed E-state index contributed by atoms with van der Waals surface area (Å²) < 4.78 is 13.6. The fourth-order valence-electron chi connectivity index (χ4n) is 1.66. The van der Waals surface area contributed by atoms with Crippen molar-refractivity contribution in [1.82, 2.24) is 0 Å². The zero-order valence-electron chi connectivity index (χ0n) is 10.8. The molecule has 94 valence electrons. The topological polar surface area (TPSA) is 38.0 Å². The van der Waals surface area contributed by atoms with E-state index in [2.05, 4.69) is 19.2 Å². The molecule has 0 saturated carbocycles. The molecule has 0 atom stereocenters. The zero-order chi connectivity index (χ0) is 12.8. The Hall–Kier alpha value is -1.51. The molecule has 2 nitrogen and oxygen atoms in total. The van der Waals surface area contributed by atoms with Crippen LogP contribution in [0.25, 0.3) is 0 Å². The molecule has 0 aliphatic heterocycles. The van der Waals surface area contributed by atoms with Gasteiger partial charge in [0.1, 0.15) is 5.82 Å². The van der Waals surface area contributed by atoms with Gasteiger partial charge in [-0.05, 0) is 36.5 Å². The van der Waals surface area contributed by atoms with Gasteiger partial charge in [0, 0.05) is 11.9 Å². The lowest BCUT2D eigenvalue weighted by Crippen LogP contribution is -2.07. The van der Waals surface area contributed by atoms with E-state index in [0.717, 1.165) is 24.1 Å². The van der Waals surface area contributed by atoms with Crippen LogP contribution < -0.4 is 11.1 Å². The number of halogens is 1. The SMILES string of the molecule is CCc1ccc(F)c(N/C(=C\N)CC(C)C)c1. The first kappa shape index (κ1) is 13.6. The van der Waals surface area contributed by atoms with E-state index in [9.17, 15) is 4.39 Å². The van der Waals surface area contributed by atoms with Crippen LogP contribution in [0.2, 0.25) is 0 Å². The van der Waals surface area contributed by atoms with Crippen LogP contribution in [0.3, 0.4) is 0 Å². The highest BCUT2D eigenvalue weighted by molar-refractivity contribution is 5.51. The number of aryl methyl sites for hydroxylation is 1. The van der Waals surface area contributed by atoms with Crippen LogP contribution in [-0.2, 0) is 6.42 Å². The molecular formula is C14H21FN2. The van der Waals surface area contributed by atoms with Crippen molar-refractivity contribution in [3.63, 3.8) is 0 Å². The van der Waals surface area contributed by atoms with Crippen LogP contribution in [0.5, 0.6) is 0 Å². The van der Waals surface area contributed by atoms with Crippen LogP contribution in [0.4, 0.5) is 10.1 Å². The summed E-state index contributed by atoms with van der Waals surface area (Å²) in [5, 5.41) is 3.06. The molecule has 0 spiro atoms. The van der Waals surface area contributed by atoms with E-state index in [1.165, 1.54) is 12.3 Å². The van der Waals surface area contributed by atoms with E-state index in [1.54, 1.807) is 6.07 Å². The quantitative estimate of drug-likeness (QED) is 0.819.